The van der Waals surface area contributed by atoms with Gasteiger partial charge in [0, 0.05) is 8.07 Å². The molecule has 0 fully saturated rings. The van der Waals surface area contributed by atoms with Gasteiger partial charge in [-0.3, -0.25) is 0 Å². The third-order valence-corrected chi connectivity index (χ3v) is 12.2. The van der Waals surface area contributed by atoms with Gasteiger partial charge in [-0.2, -0.15) is 33.0 Å². The van der Waals surface area contributed by atoms with Crippen LogP contribution in [0.2, 0.25) is 6.55 Å². The minimum absolute atomic E-state index is 0.826. The van der Waals surface area contributed by atoms with Crippen molar-refractivity contribution < 1.29 is 20.8 Å². The Bertz CT molecular complexity index is 1180. The molecule has 4 aromatic rings. The zero-order valence-electron chi connectivity index (χ0n) is 20.7. The van der Waals surface area contributed by atoms with E-state index in [1.54, 1.807) is 10.4 Å². The van der Waals surface area contributed by atoms with Crippen molar-refractivity contribution in [3.63, 3.8) is 0 Å². The third-order valence-electron chi connectivity index (χ3n) is 7.51. The van der Waals surface area contributed by atoms with Gasteiger partial charge in [0.25, 0.3) is 0 Å². The first-order valence-electron chi connectivity index (χ1n) is 11.8. The van der Waals surface area contributed by atoms with Gasteiger partial charge in [0.1, 0.15) is 0 Å². The predicted molar refractivity (Wildman–Crippen MR) is 148 cm³/mol. The van der Waals surface area contributed by atoms with E-state index in [1.807, 2.05) is 0 Å². The number of halogens is 2. The second kappa shape index (κ2) is 11.7. The third kappa shape index (κ3) is 5.06. The van der Waals surface area contributed by atoms with Crippen LogP contribution in [-0.2, 0) is 27.3 Å². The molecule has 4 rings (SSSR count). The Balaban J connectivity index is 0.000000968. The van der Waals surface area contributed by atoms with Crippen LogP contribution >= 0.6 is 17.0 Å². The Morgan fingerprint density at radius 2 is 1.39 bits per heavy atom. The predicted octanol–water partition coefficient (Wildman–Crippen LogP) is 7.33. The van der Waals surface area contributed by atoms with Gasteiger partial charge in [-0.05, 0) is 0 Å². The van der Waals surface area contributed by atoms with E-state index in [1.165, 1.54) is 63.0 Å². The van der Waals surface area contributed by atoms with Crippen molar-refractivity contribution in [2.75, 3.05) is 0 Å². The van der Waals surface area contributed by atoms with E-state index in [0.29, 0.717) is 0 Å². The summed E-state index contributed by atoms with van der Waals surface area (Å²) in [6.45, 7) is 14.2. The molecule has 0 spiro atoms. The average Bonchev–Trinajstić information content (AvgIpc) is 3.30. The standard InChI is InChI=1S/C29H34Si.2ClH.Zr/c1-7-8-14-24-19-28(27-18-13-12-17-26(24)27)30(6,25-15-10-9-11-16-25)29-22(4)20(2)21(3)23(29)5;;;/h9-13,15-19H,7-8,14H2,1-6H3;2*1H;/q-2;;;+4/p-2. The molecule has 0 bridgehead atoms. The van der Waals surface area contributed by atoms with E-state index >= 15 is 0 Å². The van der Waals surface area contributed by atoms with Gasteiger partial charge in [-0.25, -0.2) is 0 Å². The monoisotopic (exact) mass is 570 g/mol. The molecular weight excluding hydrogens is 539 g/mol. The number of rotatable bonds is 6. The van der Waals surface area contributed by atoms with Crippen LogP contribution in [0.4, 0.5) is 0 Å². The van der Waals surface area contributed by atoms with Crippen molar-refractivity contribution in [1.82, 2.24) is 0 Å². The molecule has 33 heavy (non-hydrogen) atoms. The van der Waals surface area contributed by atoms with E-state index in [-0.39, 0.29) is 0 Å². The topological polar surface area (TPSA) is 0 Å². The van der Waals surface area contributed by atoms with Crippen molar-refractivity contribution in [2.45, 2.75) is 60.4 Å². The van der Waals surface area contributed by atoms with E-state index in [0.717, 1.165) is 0 Å². The Morgan fingerprint density at radius 3 is 1.97 bits per heavy atom. The second-order valence-electron chi connectivity index (χ2n) is 9.17. The fourth-order valence-electron chi connectivity index (χ4n) is 5.49. The molecular formula is C29H34Cl2SiZr. The van der Waals surface area contributed by atoms with Gasteiger partial charge in [-0.1, -0.05) is 102 Å². The number of unbranched alkanes of at least 4 members (excludes halogenated alkanes) is 1. The van der Waals surface area contributed by atoms with Crippen LogP contribution in [0.25, 0.3) is 10.8 Å². The molecule has 1 atom stereocenters. The van der Waals surface area contributed by atoms with Crippen LogP contribution < -0.4 is 15.6 Å². The number of aryl methyl sites for hydroxylation is 1. The zero-order chi connectivity index (χ0) is 24.2. The molecule has 0 N–H and O–H groups in total. The maximum atomic E-state index is 4.93. The first kappa shape index (κ1) is 26.7. The van der Waals surface area contributed by atoms with Crippen LogP contribution in [0.1, 0.15) is 47.6 Å². The van der Waals surface area contributed by atoms with E-state index in [4.69, 9.17) is 17.0 Å². The summed E-state index contributed by atoms with van der Waals surface area (Å²) < 4.78 is 0. The van der Waals surface area contributed by atoms with Gasteiger partial charge >= 0.3 is 37.9 Å². The fraction of sp³-hybridized carbons (Fsp3) is 0.310. The molecule has 4 aromatic carbocycles. The van der Waals surface area contributed by atoms with Gasteiger partial charge in [0.05, 0.1) is 0 Å². The SMILES string of the molecule is CCCCc1c[c-]([Si](C)(c2ccccc2)[c-]2c(C)c(C)c(C)c2C)c2ccccc12.[Cl][Zr+2][Cl]. The molecule has 0 heterocycles. The molecule has 0 aliphatic heterocycles. The van der Waals surface area contributed by atoms with Crippen molar-refractivity contribution in [3.8, 4) is 0 Å². The first-order valence-corrected chi connectivity index (χ1v) is 20.6. The summed E-state index contributed by atoms with van der Waals surface area (Å²) in [6, 6.07) is 23.0. The molecule has 172 valence electrons. The Kier molecular flexibility index (Phi) is 9.44. The molecule has 0 aliphatic carbocycles. The normalized spacial score (nSPS) is 12.7. The van der Waals surface area contributed by atoms with Gasteiger partial charge < -0.3 is 0 Å². The number of benzene rings is 2. The molecule has 1 unspecified atom stereocenters. The van der Waals surface area contributed by atoms with Crippen LogP contribution in [0, 0.1) is 27.7 Å². The quantitative estimate of drug-likeness (QED) is 0.168. The van der Waals surface area contributed by atoms with Crippen molar-refractivity contribution in [3.05, 3.63) is 88.5 Å². The van der Waals surface area contributed by atoms with Crippen molar-refractivity contribution >= 4 is 51.4 Å². The summed E-state index contributed by atoms with van der Waals surface area (Å²) >= 11 is -0.826. The Labute approximate surface area is 219 Å². The van der Waals surface area contributed by atoms with Crippen LogP contribution in [0.3, 0.4) is 0 Å². The first-order chi connectivity index (χ1) is 15.8. The molecule has 0 radical (unpaired) electrons. The van der Waals surface area contributed by atoms with Gasteiger partial charge in [-0.15, -0.1) is 40.2 Å². The van der Waals surface area contributed by atoms with Crippen LogP contribution in [0.15, 0.2) is 60.7 Å². The number of hydrogen-bond acceptors (Lipinski definition) is 0. The average molecular weight is 573 g/mol. The summed E-state index contributed by atoms with van der Waals surface area (Å²) in [7, 11) is 7.71. The molecule has 0 amide bonds. The molecule has 0 saturated heterocycles. The summed E-state index contributed by atoms with van der Waals surface area (Å²) in [6.07, 6.45) is 3.67. The Hall–Kier alpha value is -0.920. The molecule has 0 aliphatic rings. The van der Waals surface area contributed by atoms with Crippen molar-refractivity contribution in [1.29, 1.82) is 0 Å². The summed E-state index contributed by atoms with van der Waals surface area (Å²) in [5.74, 6) is 0. The summed E-state index contributed by atoms with van der Waals surface area (Å²) in [5.41, 5.74) is 7.48. The molecule has 0 aromatic heterocycles. The van der Waals surface area contributed by atoms with Crippen LogP contribution in [0.5, 0.6) is 0 Å². The van der Waals surface area contributed by atoms with E-state index in [9.17, 15) is 0 Å². The molecule has 0 nitrogen and oxygen atoms in total. The van der Waals surface area contributed by atoms with Crippen molar-refractivity contribution in [2.24, 2.45) is 0 Å². The number of hydrogen-bond donors (Lipinski definition) is 0. The summed E-state index contributed by atoms with van der Waals surface area (Å²) in [5, 5.41) is 7.66. The second-order valence-corrected chi connectivity index (χ2v) is 16.8. The molecule has 4 heteroatoms. The van der Waals surface area contributed by atoms with E-state index < -0.39 is 28.9 Å². The summed E-state index contributed by atoms with van der Waals surface area (Å²) in [4.78, 5) is 0. The minimum atomic E-state index is -2.16. The van der Waals surface area contributed by atoms with Crippen LogP contribution in [-0.4, -0.2) is 8.07 Å². The zero-order valence-corrected chi connectivity index (χ0v) is 25.6. The van der Waals surface area contributed by atoms with Gasteiger partial charge in [0.15, 0.2) is 0 Å². The maximum absolute atomic E-state index is 4.93. The fourth-order valence-corrected chi connectivity index (χ4v) is 10.3. The number of fused-ring (bicyclic) bond motifs is 1. The van der Waals surface area contributed by atoms with E-state index in [2.05, 4.69) is 102 Å². The molecule has 0 saturated carbocycles. The van der Waals surface area contributed by atoms with Gasteiger partial charge in [0.2, 0.25) is 0 Å². The Morgan fingerprint density at radius 1 is 0.848 bits per heavy atom.